The van der Waals surface area contributed by atoms with Crippen LogP contribution in [0.3, 0.4) is 0 Å². The van der Waals surface area contributed by atoms with E-state index in [1.807, 2.05) is 20.8 Å². The van der Waals surface area contributed by atoms with Crippen LogP contribution in [-0.4, -0.2) is 52.6 Å². The molecule has 1 fully saturated rings. The maximum atomic E-state index is 12.8. The number of aromatic nitrogens is 2. The van der Waals surface area contributed by atoms with E-state index in [-0.39, 0.29) is 19.1 Å². The molecule has 0 bridgehead atoms. The van der Waals surface area contributed by atoms with Gasteiger partial charge < -0.3 is 9.64 Å². The molecule has 1 aromatic heterocycles. The summed E-state index contributed by atoms with van der Waals surface area (Å²) < 4.78 is 44.5. The third-order valence-electron chi connectivity index (χ3n) is 3.63. The predicted molar refractivity (Wildman–Crippen MR) is 73.7 cm³/mol. The zero-order valence-electron chi connectivity index (χ0n) is 12.9. The molecule has 1 aliphatic heterocycles. The molecule has 124 valence electrons. The molecule has 1 aliphatic rings. The van der Waals surface area contributed by atoms with Crippen molar-refractivity contribution in [1.82, 2.24) is 14.7 Å². The van der Waals surface area contributed by atoms with E-state index in [0.717, 1.165) is 5.69 Å². The number of alkyl halides is 3. The number of amides is 1. The fourth-order valence-corrected chi connectivity index (χ4v) is 2.33. The summed E-state index contributed by atoms with van der Waals surface area (Å²) in [7, 11) is 0. The summed E-state index contributed by atoms with van der Waals surface area (Å²) in [6, 6.07) is 1.66. The number of hydrogen-bond acceptors (Lipinski definition) is 3. The first-order valence-corrected chi connectivity index (χ1v) is 7.29. The molecule has 0 N–H and O–H groups in total. The quantitative estimate of drug-likeness (QED) is 0.860. The van der Waals surface area contributed by atoms with Crippen molar-refractivity contribution < 1.29 is 22.7 Å². The van der Waals surface area contributed by atoms with Crippen LogP contribution in [0.5, 0.6) is 0 Å². The highest BCUT2D eigenvalue weighted by atomic mass is 19.4. The van der Waals surface area contributed by atoms with Gasteiger partial charge in [-0.05, 0) is 18.9 Å². The molecule has 5 nitrogen and oxygen atoms in total. The Kier molecular flexibility index (Phi) is 4.79. The minimum Gasteiger partial charge on any atom is -0.365 e. The van der Waals surface area contributed by atoms with Gasteiger partial charge in [-0.2, -0.15) is 18.3 Å². The fraction of sp³-hybridized carbons (Fsp3) is 0.714. The van der Waals surface area contributed by atoms with Crippen LogP contribution in [-0.2, 0) is 11.3 Å². The van der Waals surface area contributed by atoms with Gasteiger partial charge in [-0.25, -0.2) is 0 Å². The highest BCUT2D eigenvalue weighted by Gasteiger charge is 2.44. The van der Waals surface area contributed by atoms with E-state index in [1.54, 1.807) is 6.07 Å². The van der Waals surface area contributed by atoms with Gasteiger partial charge in [0.15, 0.2) is 6.10 Å². The first-order chi connectivity index (χ1) is 10.2. The van der Waals surface area contributed by atoms with Crippen molar-refractivity contribution in [3.63, 3.8) is 0 Å². The Bertz CT molecular complexity index is 540. The van der Waals surface area contributed by atoms with Crippen LogP contribution < -0.4 is 0 Å². The Morgan fingerprint density at radius 1 is 1.50 bits per heavy atom. The highest BCUT2D eigenvalue weighted by molar-refractivity contribution is 5.92. The summed E-state index contributed by atoms with van der Waals surface area (Å²) in [5.74, 6) is -0.286. The molecule has 0 unspecified atom stereocenters. The average Bonchev–Trinajstić information content (AvgIpc) is 2.90. The largest absolute Gasteiger partial charge is 0.416 e. The van der Waals surface area contributed by atoms with Gasteiger partial charge in [-0.3, -0.25) is 9.48 Å². The number of carbonyl (C=O) groups excluding carboxylic acids is 1. The second-order valence-electron chi connectivity index (χ2n) is 5.58. The number of carbonyl (C=O) groups is 1. The molecule has 2 rings (SSSR count). The molecule has 8 heteroatoms. The SMILES string of the molecule is CCn1nc(C(C)C)cc1C(=O)N1CCO[C@@H](C(F)(F)F)C1. The third kappa shape index (κ3) is 3.43. The summed E-state index contributed by atoms with van der Waals surface area (Å²) in [4.78, 5) is 13.7. The maximum Gasteiger partial charge on any atom is 0.416 e. The van der Waals surface area contributed by atoms with Gasteiger partial charge in [-0.1, -0.05) is 13.8 Å². The molecule has 1 atom stereocenters. The van der Waals surface area contributed by atoms with E-state index in [1.165, 1.54) is 9.58 Å². The number of ether oxygens (including phenoxy) is 1. The molecular formula is C14H20F3N3O2. The summed E-state index contributed by atoms with van der Waals surface area (Å²) in [5.41, 5.74) is 1.08. The fourth-order valence-electron chi connectivity index (χ4n) is 2.33. The zero-order valence-corrected chi connectivity index (χ0v) is 12.9. The summed E-state index contributed by atoms with van der Waals surface area (Å²) in [6.07, 6.45) is -6.39. The molecule has 0 saturated carbocycles. The van der Waals surface area contributed by atoms with Crippen molar-refractivity contribution in [2.45, 2.75) is 45.5 Å². The lowest BCUT2D eigenvalue weighted by atomic mass is 10.1. The van der Waals surface area contributed by atoms with Crippen molar-refractivity contribution in [2.24, 2.45) is 0 Å². The van der Waals surface area contributed by atoms with Crippen molar-refractivity contribution in [3.05, 3.63) is 17.5 Å². The maximum absolute atomic E-state index is 12.8. The number of hydrogen-bond donors (Lipinski definition) is 0. The number of halogens is 3. The summed E-state index contributed by atoms with van der Waals surface area (Å²) in [5, 5.41) is 4.33. The Morgan fingerprint density at radius 3 is 2.73 bits per heavy atom. The summed E-state index contributed by atoms with van der Waals surface area (Å²) in [6.45, 7) is 5.78. The van der Waals surface area contributed by atoms with Crippen LogP contribution in [0.15, 0.2) is 6.07 Å². The second-order valence-corrected chi connectivity index (χ2v) is 5.58. The van der Waals surface area contributed by atoms with E-state index in [4.69, 9.17) is 4.74 Å². The van der Waals surface area contributed by atoms with Gasteiger partial charge in [0.05, 0.1) is 18.8 Å². The van der Waals surface area contributed by atoms with Crippen LogP contribution in [0, 0.1) is 0 Å². The van der Waals surface area contributed by atoms with Crippen molar-refractivity contribution in [1.29, 1.82) is 0 Å². The second kappa shape index (κ2) is 6.28. The number of aryl methyl sites for hydroxylation is 1. The van der Waals surface area contributed by atoms with Gasteiger partial charge in [0, 0.05) is 13.1 Å². The zero-order chi connectivity index (χ0) is 16.5. The number of nitrogens with zero attached hydrogens (tertiary/aromatic N) is 3. The van der Waals surface area contributed by atoms with E-state index >= 15 is 0 Å². The lowest BCUT2D eigenvalue weighted by Crippen LogP contribution is -2.51. The first-order valence-electron chi connectivity index (χ1n) is 7.29. The third-order valence-corrected chi connectivity index (χ3v) is 3.63. The molecule has 1 amide bonds. The lowest BCUT2D eigenvalue weighted by molar-refractivity contribution is -0.233. The summed E-state index contributed by atoms with van der Waals surface area (Å²) >= 11 is 0. The molecule has 22 heavy (non-hydrogen) atoms. The van der Waals surface area contributed by atoms with Crippen LogP contribution in [0.2, 0.25) is 0 Å². The van der Waals surface area contributed by atoms with Crippen LogP contribution >= 0.6 is 0 Å². The Hall–Kier alpha value is -1.57. The molecule has 0 spiro atoms. The smallest absolute Gasteiger partial charge is 0.365 e. The Morgan fingerprint density at radius 2 is 2.18 bits per heavy atom. The molecule has 2 heterocycles. The first kappa shape index (κ1) is 16.8. The average molecular weight is 319 g/mol. The lowest BCUT2D eigenvalue weighted by Gasteiger charge is -2.33. The minimum atomic E-state index is -4.47. The van der Waals surface area contributed by atoms with Crippen LogP contribution in [0.25, 0.3) is 0 Å². The van der Waals surface area contributed by atoms with Gasteiger partial charge in [-0.15, -0.1) is 0 Å². The van der Waals surface area contributed by atoms with Crippen molar-refractivity contribution in [3.8, 4) is 0 Å². The van der Waals surface area contributed by atoms with Gasteiger partial charge in [0.25, 0.3) is 5.91 Å². The van der Waals surface area contributed by atoms with Crippen LogP contribution in [0.4, 0.5) is 13.2 Å². The van der Waals surface area contributed by atoms with Gasteiger partial charge in [0.1, 0.15) is 5.69 Å². The van der Waals surface area contributed by atoms with E-state index in [0.29, 0.717) is 12.2 Å². The van der Waals surface area contributed by atoms with E-state index in [9.17, 15) is 18.0 Å². The standard InChI is InChI=1S/C14H20F3N3O2/c1-4-20-11(7-10(18-20)9(2)3)13(21)19-5-6-22-12(8-19)14(15,16)17/h7,9,12H,4-6,8H2,1-3H3/t12-/m1/s1. The highest BCUT2D eigenvalue weighted by Crippen LogP contribution is 2.26. The Balaban J connectivity index is 2.20. The molecule has 1 aromatic rings. The monoisotopic (exact) mass is 319 g/mol. The molecule has 0 aromatic carbocycles. The van der Waals surface area contributed by atoms with E-state index < -0.39 is 24.7 Å². The predicted octanol–water partition coefficient (Wildman–Crippen LogP) is 2.43. The van der Waals surface area contributed by atoms with E-state index in [2.05, 4.69) is 5.10 Å². The molecule has 0 radical (unpaired) electrons. The van der Waals surface area contributed by atoms with Gasteiger partial charge in [0.2, 0.25) is 0 Å². The minimum absolute atomic E-state index is 0.118. The Labute approximate surface area is 127 Å². The molecule has 1 saturated heterocycles. The van der Waals surface area contributed by atoms with Crippen molar-refractivity contribution >= 4 is 5.91 Å². The normalized spacial score (nSPS) is 19.8. The topological polar surface area (TPSA) is 47.4 Å². The molecule has 0 aliphatic carbocycles. The number of rotatable bonds is 3. The van der Waals surface area contributed by atoms with Crippen molar-refractivity contribution in [2.75, 3.05) is 19.7 Å². The van der Waals surface area contributed by atoms with Gasteiger partial charge >= 0.3 is 6.18 Å². The van der Waals surface area contributed by atoms with Crippen LogP contribution in [0.1, 0.15) is 42.9 Å². The number of morpholine rings is 1. The molecular weight excluding hydrogens is 299 g/mol.